The van der Waals surface area contributed by atoms with Crippen LogP contribution in [0.3, 0.4) is 0 Å². The van der Waals surface area contributed by atoms with Crippen LogP contribution in [0, 0.1) is 23.4 Å². The lowest BCUT2D eigenvalue weighted by Gasteiger charge is -2.32. The Balaban J connectivity index is 1.64. The summed E-state index contributed by atoms with van der Waals surface area (Å²) in [6.07, 6.45) is 7.56. The molecule has 34 heavy (non-hydrogen) atoms. The van der Waals surface area contributed by atoms with Crippen LogP contribution in [-0.2, 0) is 0 Å². The van der Waals surface area contributed by atoms with Gasteiger partial charge in [-0.3, -0.25) is 9.78 Å². The maximum atomic E-state index is 14.6. The zero-order valence-electron chi connectivity index (χ0n) is 18.8. The molecule has 1 fully saturated rings. The molecule has 3 N–H and O–H groups in total. The number of carbonyl (C=O) groups excluding carboxylic acids is 1. The molecule has 3 atom stereocenters. The van der Waals surface area contributed by atoms with Gasteiger partial charge in [-0.15, -0.1) is 11.8 Å². The van der Waals surface area contributed by atoms with E-state index in [1.807, 2.05) is 6.07 Å². The number of nitrogens with one attached hydrogen (secondary N) is 1. The van der Waals surface area contributed by atoms with Crippen LogP contribution in [0.4, 0.5) is 18.9 Å². The average molecular weight is 487 g/mol. The average Bonchev–Trinajstić information content (AvgIpc) is 2.79. The zero-order valence-corrected chi connectivity index (χ0v) is 19.6. The molecule has 0 aliphatic heterocycles. The van der Waals surface area contributed by atoms with Gasteiger partial charge >= 0.3 is 0 Å². The summed E-state index contributed by atoms with van der Waals surface area (Å²) >= 11 is 1.16. The molecule has 1 aromatic carbocycles. The van der Waals surface area contributed by atoms with E-state index in [0.717, 1.165) is 54.8 Å². The second-order valence-corrected chi connectivity index (χ2v) is 9.56. The molecule has 0 radical (unpaired) electrons. The van der Waals surface area contributed by atoms with Gasteiger partial charge in [0.1, 0.15) is 28.8 Å². The molecule has 1 amide bonds. The third kappa shape index (κ3) is 5.10. The number of thioether (sulfide) groups is 1. The minimum absolute atomic E-state index is 0.0779. The molecule has 1 aliphatic rings. The molecule has 1 aliphatic carbocycles. The summed E-state index contributed by atoms with van der Waals surface area (Å²) in [4.78, 5) is 21.4. The second-order valence-electron chi connectivity index (χ2n) is 8.68. The third-order valence-electron chi connectivity index (χ3n) is 6.09. The lowest BCUT2D eigenvalue weighted by atomic mass is 9.76. The van der Waals surface area contributed by atoms with Crippen LogP contribution in [0.1, 0.15) is 48.2 Å². The monoisotopic (exact) mass is 486 g/mol. The second kappa shape index (κ2) is 10.1. The minimum Gasteiger partial charge on any atom is -0.328 e. The Morgan fingerprint density at radius 3 is 2.50 bits per heavy atom. The van der Waals surface area contributed by atoms with Crippen molar-refractivity contribution in [2.24, 2.45) is 11.7 Å². The number of pyridine rings is 2. The molecule has 0 bridgehead atoms. The molecule has 0 saturated heterocycles. The lowest BCUT2D eigenvalue weighted by molar-refractivity contribution is 0.102. The maximum absolute atomic E-state index is 14.6. The Hall–Kier alpha value is -2.91. The highest BCUT2D eigenvalue weighted by Crippen LogP contribution is 2.38. The highest BCUT2D eigenvalue weighted by atomic mass is 32.2. The number of rotatable bonds is 5. The molecule has 2 heterocycles. The van der Waals surface area contributed by atoms with Crippen LogP contribution in [0.15, 0.2) is 47.6 Å². The highest BCUT2D eigenvalue weighted by Gasteiger charge is 2.28. The van der Waals surface area contributed by atoms with Crippen LogP contribution in [0.25, 0.3) is 11.3 Å². The normalized spacial score (nSPS) is 20.2. The fraction of sp³-hybridized carbons (Fsp3) is 0.320. The van der Waals surface area contributed by atoms with E-state index >= 15 is 0 Å². The van der Waals surface area contributed by atoms with E-state index in [1.165, 1.54) is 6.07 Å². The Kier molecular flexibility index (Phi) is 7.23. The molecule has 178 valence electrons. The van der Waals surface area contributed by atoms with Crippen molar-refractivity contribution in [3.05, 3.63) is 71.4 Å². The topological polar surface area (TPSA) is 80.9 Å². The van der Waals surface area contributed by atoms with E-state index in [1.54, 1.807) is 18.6 Å². The summed E-state index contributed by atoms with van der Waals surface area (Å²) in [6, 6.07) is 6.30. The summed E-state index contributed by atoms with van der Waals surface area (Å²) in [6.45, 7) is 2.15. The fourth-order valence-corrected chi connectivity index (χ4v) is 5.04. The maximum Gasteiger partial charge on any atom is 0.274 e. The van der Waals surface area contributed by atoms with Gasteiger partial charge in [0.2, 0.25) is 0 Å². The number of hydrogen-bond donors (Lipinski definition) is 2. The molecule has 3 aromatic rings. The highest BCUT2D eigenvalue weighted by molar-refractivity contribution is 7.98. The molecule has 2 aromatic heterocycles. The zero-order chi connectivity index (χ0) is 24.4. The first-order valence-electron chi connectivity index (χ1n) is 11.0. The Morgan fingerprint density at radius 1 is 1.09 bits per heavy atom. The van der Waals surface area contributed by atoms with Crippen LogP contribution >= 0.6 is 11.8 Å². The van der Waals surface area contributed by atoms with Crippen molar-refractivity contribution in [2.75, 3.05) is 11.6 Å². The van der Waals surface area contributed by atoms with E-state index in [9.17, 15) is 18.0 Å². The lowest BCUT2D eigenvalue weighted by Crippen LogP contribution is -2.31. The predicted molar refractivity (Wildman–Crippen MR) is 127 cm³/mol. The van der Waals surface area contributed by atoms with Gasteiger partial charge in [0.25, 0.3) is 5.91 Å². The quantitative estimate of drug-likeness (QED) is 0.448. The number of halogens is 3. The predicted octanol–water partition coefficient (Wildman–Crippen LogP) is 5.77. The first kappa shape index (κ1) is 24.2. The van der Waals surface area contributed by atoms with Gasteiger partial charge in [-0.2, -0.15) is 0 Å². The largest absolute Gasteiger partial charge is 0.328 e. The molecule has 9 heteroatoms. The molecule has 5 nitrogen and oxygen atoms in total. The first-order chi connectivity index (χ1) is 16.3. The van der Waals surface area contributed by atoms with Crippen LogP contribution < -0.4 is 11.1 Å². The van der Waals surface area contributed by atoms with Gasteiger partial charge in [0.15, 0.2) is 0 Å². The standard InChI is InChI=1S/C25H25F3N4OS/c1-13-7-14(9-15(29)8-13)17-5-6-30-12-22(17)32-25(33)21-4-3-18(26)24(31-21)23-19(27)10-16(34-2)11-20(23)28/h3-6,10-15H,7-9,29H2,1-2H3,(H,32,33)/t13-,14?,15-/m0/s1. The Bertz CT molecular complexity index is 1190. The number of carbonyl (C=O) groups is 1. The first-order valence-corrected chi connectivity index (χ1v) is 12.2. The summed E-state index contributed by atoms with van der Waals surface area (Å²) in [7, 11) is 0. The van der Waals surface area contributed by atoms with E-state index in [4.69, 9.17) is 5.73 Å². The number of amides is 1. The number of hydrogen-bond acceptors (Lipinski definition) is 5. The van der Waals surface area contributed by atoms with E-state index in [0.29, 0.717) is 16.5 Å². The van der Waals surface area contributed by atoms with Gasteiger partial charge in [-0.25, -0.2) is 18.2 Å². The Morgan fingerprint density at radius 2 is 1.82 bits per heavy atom. The number of nitrogens with zero attached hydrogens (tertiary/aromatic N) is 2. The number of aromatic nitrogens is 2. The van der Waals surface area contributed by atoms with E-state index < -0.39 is 34.6 Å². The molecule has 0 spiro atoms. The summed E-state index contributed by atoms with van der Waals surface area (Å²) in [5.41, 5.74) is 6.29. The number of anilines is 1. The van der Waals surface area contributed by atoms with Gasteiger partial charge < -0.3 is 11.1 Å². The molecular weight excluding hydrogens is 461 g/mol. The molecule has 1 unspecified atom stereocenters. The summed E-state index contributed by atoms with van der Waals surface area (Å²) < 4.78 is 43.7. The van der Waals surface area contributed by atoms with E-state index in [2.05, 4.69) is 22.2 Å². The van der Waals surface area contributed by atoms with E-state index in [-0.39, 0.29) is 17.7 Å². The summed E-state index contributed by atoms with van der Waals surface area (Å²) in [5.74, 6) is -2.86. The van der Waals surface area contributed by atoms with Crippen molar-refractivity contribution in [1.29, 1.82) is 0 Å². The van der Waals surface area contributed by atoms with Crippen molar-refractivity contribution in [3.63, 3.8) is 0 Å². The van der Waals surface area contributed by atoms with Gasteiger partial charge in [0, 0.05) is 17.1 Å². The number of nitrogens with two attached hydrogens (primary N) is 1. The van der Waals surface area contributed by atoms with Crippen LogP contribution in [0.5, 0.6) is 0 Å². The van der Waals surface area contributed by atoms with Gasteiger partial charge in [0.05, 0.1) is 17.4 Å². The smallest absolute Gasteiger partial charge is 0.274 e. The van der Waals surface area contributed by atoms with Gasteiger partial charge in [-0.1, -0.05) is 6.92 Å². The van der Waals surface area contributed by atoms with Gasteiger partial charge in [-0.05, 0) is 73.2 Å². The van der Waals surface area contributed by atoms with Crippen molar-refractivity contribution >= 4 is 23.4 Å². The fourth-order valence-electron chi connectivity index (χ4n) is 4.60. The minimum atomic E-state index is -0.953. The SMILES string of the molecule is CSc1cc(F)c(-c2nc(C(=O)Nc3cnccc3C3C[C@H](C)C[C@H](N)C3)ccc2F)c(F)c1. The molecule has 4 rings (SSSR count). The van der Waals surface area contributed by atoms with Crippen molar-refractivity contribution in [2.45, 2.75) is 43.0 Å². The van der Waals surface area contributed by atoms with Crippen molar-refractivity contribution < 1.29 is 18.0 Å². The van der Waals surface area contributed by atoms with Crippen LogP contribution in [0.2, 0.25) is 0 Å². The summed E-state index contributed by atoms with van der Waals surface area (Å²) in [5, 5.41) is 2.78. The molecule has 1 saturated carbocycles. The third-order valence-corrected chi connectivity index (χ3v) is 6.80. The molecular formula is C25H25F3N4OS. The van der Waals surface area contributed by atoms with Crippen molar-refractivity contribution in [1.82, 2.24) is 9.97 Å². The number of benzene rings is 1. The van der Waals surface area contributed by atoms with Crippen molar-refractivity contribution in [3.8, 4) is 11.3 Å². The van der Waals surface area contributed by atoms with Crippen LogP contribution in [-0.4, -0.2) is 28.2 Å². The Labute approximate surface area is 200 Å².